The lowest BCUT2D eigenvalue weighted by Crippen LogP contribution is -2.17. The number of rotatable bonds is 6. The molecule has 2 heterocycles. The maximum absolute atomic E-state index is 5.64. The Morgan fingerprint density at radius 1 is 0.826 bits per heavy atom. The van der Waals surface area contributed by atoms with Gasteiger partial charge in [-0.3, -0.25) is 14.9 Å². The molecule has 0 radical (unpaired) electrons. The number of pyridine rings is 1. The Bertz CT molecular complexity index is 717. The maximum Gasteiger partial charge on any atom is 0.237 e. The van der Waals surface area contributed by atoms with Crippen molar-refractivity contribution >= 4 is 0 Å². The first-order valence-corrected chi connectivity index (χ1v) is 7.40. The molecule has 2 aromatic heterocycles. The second-order valence-corrected chi connectivity index (χ2v) is 5.32. The molecule has 0 spiro atoms. The molecule has 1 aromatic carbocycles. The Kier molecular flexibility index (Phi) is 4.91. The van der Waals surface area contributed by atoms with E-state index in [4.69, 9.17) is 4.74 Å². The topological polar surface area (TPSA) is 51.1 Å². The molecule has 116 valence electrons. The third kappa shape index (κ3) is 4.59. The summed E-state index contributed by atoms with van der Waals surface area (Å²) in [5.41, 5.74) is 2.48. The van der Waals surface area contributed by atoms with Crippen LogP contribution in [0.5, 0.6) is 11.6 Å². The van der Waals surface area contributed by atoms with Crippen LogP contribution < -0.4 is 4.74 Å². The minimum atomic E-state index is 0.495. The summed E-state index contributed by atoms with van der Waals surface area (Å²) in [6.45, 7) is 1.76. The average Bonchev–Trinajstić information content (AvgIpc) is 2.58. The van der Waals surface area contributed by atoms with Crippen LogP contribution in [0.15, 0.2) is 67.4 Å². The summed E-state index contributed by atoms with van der Waals surface area (Å²) in [6.07, 6.45) is 8.46. The van der Waals surface area contributed by atoms with Gasteiger partial charge in [0.1, 0.15) is 5.75 Å². The van der Waals surface area contributed by atoms with Gasteiger partial charge in [-0.2, -0.15) is 0 Å². The minimum absolute atomic E-state index is 0.495. The molecule has 5 nitrogen and oxygen atoms in total. The van der Waals surface area contributed by atoms with Crippen LogP contribution in [0.1, 0.15) is 11.1 Å². The minimum Gasteiger partial charge on any atom is -0.438 e. The predicted molar refractivity (Wildman–Crippen MR) is 88.0 cm³/mol. The van der Waals surface area contributed by atoms with E-state index in [1.165, 1.54) is 11.1 Å². The lowest BCUT2D eigenvalue weighted by molar-refractivity contribution is 0.319. The summed E-state index contributed by atoms with van der Waals surface area (Å²) in [7, 11) is 2.10. The number of nitrogens with zero attached hydrogens (tertiary/aromatic N) is 4. The number of aromatic nitrogens is 3. The van der Waals surface area contributed by atoms with E-state index in [-0.39, 0.29) is 0 Å². The summed E-state index contributed by atoms with van der Waals surface area (Å²) in [6, 6.07) is 12.1. The van der Waals surface area contributed by atoms with Crippen LogP contribution in [0.2, 0.25) is 0 Å². The molecule has 0 saturated heterocycles. The smallest absolute Gasteiger partial charge is 0.237 e. The van der Waals surface area contributed by atoms with Crippen LogP contribution in [0.4, 0.5) is 0 Å². The number of hydrogen-bond acceptors (Lipinski definition) is 5. The highest BCUT2D eigenvalue weighted by molar-refractivity contribution is 5.29. The van der Waals surface area contributed by atoms with Crippen LogP contribution in [0.25, 0.3) is 0 Å². The highest BCUT2D eigenvalue weighted by Gasteiger charge is 2.03. The molecule has 0 aliphatic rings. The molecule has 0 atom stereocenters. The van der Waals surface area contributed by atoms with E-state index in [9.17, 15) is 0 Å². The van der Waals surface area contributed by atoms with Gasteiger partial charge in [-0.05, 0) is 42.4 Å². The van der Waals surface area contributed by atoms with Crippen molar-refractivity contribution in [3.05, 3.63) is 78.5 Å². The van der Waals surface area contributed by atoms with E-state index in [2.05, 4.69) is 39.0 Å². The summed E-state index contributed by atoms with van der Waals surface area (Å²) >= 11 is 0. The van der Waals surface area contributed by atoms with Crippen molar-refractivity contribution in [2.24, 2.45) is 0 Å². The van der Waals surface area contributed by atoms with Crippen molar-refractivity contribution in [1.82, 2.24) is 19.9 Å². The normalized spacial score (nSPS) is 10.7. The lowest BCUT2D eigenvalue weighted by Gasteiger charge is -2.17. The molecular weight excluding hydrogens is 288 g/mol. The second kappa shape index (κ2) is 7.47. The van der Waals surface area contributed by atoms with Gasteiger partial charge in [0.25, 0.3) is 0 Å². The van der Waals surface area contributed by atoms with Crippen molar-refractivity contribution in [2.45, 2.75) is 13.1 Å². The summed E-state index contributed by atoms with van der Waals surface area (Å²) in [5.74, 6) is 1.25. The fourth-order valence-corrected chi connectivity index (χ4v) is 2.29. The molecule has 3 aromatic rings. The maximum atomic E-state index is 5.64. The van der Waals surface area contributed by atoms with Crippen LogP contribution in [0.3, 0.4) is 0 Å². The van der Waals surface area contributed by atoms with E-state index in [1.807, 2.05) is 36.7 Å². The molecule has 0 saturated carbocycles. The first-order valence-electron chi connectivity index (χ1n) is 7.40. The Labute approximate surface area is 135 Å². The van der Waals surface area contributed by atoms with Crippen molar-refractivity contribution < 1.29 is 4.74 Å². The monoisotopic (exact) mass is 306 g/mol. The molecule has 0 aliphatic carbocycles. The second-order valence-electron chi connectivity index (χ2n) is 5.32. The first-order chi connectivity index (χ1) is 11.3. The van der Waals surface area contributed by atoms with Crippen molar-refractivity contribution in [2.75, 3.05) is 7.05 Å². The van der Waals surface area contributed by atoms with Crippen molar-refractivity contribution in [3.8, 4) is 11.6 Å². The van der Waals surface area contributed by atoms with Gasteiger partial charge in [0, 0.05) is 37.9 Å². The molecule has 0 bridgehead atoms. The first kappa shape index (κ1) is 15.1. The van der Waals surface area contributed by atoms with Gasteiger partial charge in [-0.1, -0.05) is 12.1 Å². The zero-order chi connectivity index (χ0) is 15.9. The third-order valence-corrected chi connectivity index (χ3v) is 3.34. The standard InChI is InChI=1S/C18H18N4O/c1-22(14-16-6-8-19-9-7-16)13-15-2-4-17(5-3-15)23-18-12-20-10-11-21-18/h2-12H,13-14H2,1H3. The fourth-order valence-electron chi connectivity index (χ4n) is 2.29. The molecule has 3 rings (SSSR count). The largest absolute Gasteiger partial charge is 0.438 e. The molecule has 0 unspecified atom stereocenters. The fraction of sp³-hybridized carbons (Fsp3) is 0.167. The lowest BCUT2D eigenvalue weighted by atomic mass is 10.2. The highest BCUT2D eigenvalue weighted by atomic mass is 16.5. The van der Waals surface area contributed by atoms with Gasteiger partial charge in [0.15, 0.2) is 0 Å². The number of benzene rings is 1. The Balaban J connectivity index is 1.57. The van der Waals surface area contributed by atoms with Gasteiger partial charge in [0.2, 0.25) is 5.88 Å². The summed E-state index contributed by atoms with van der Waals surface area (Å²) in [5, 5.41) is 0. The Morgan fingerprint density at radius 2 is 1.52 bits per heavy atom. The SMILES string of the molecule is CN(Cc1ccncc1)Cc1ccc(Oc2cnccn2)cc1. The van der Waals surface area contributed by atoms with Crippen LogP contribution >= 0.6 is 0 Å². The van der Waals surface area contributed by atoms with Gasteiger partial charge in [-0.25, -0.2) is 4.98 Å². The zero-order valence-corrected chi connectivity index (χ0v) is 13.0. The highest BCUT2D eigenvalue weighted by Crippen LogP contribution is 2.19. The molecule has 0 fully saturated rings. The van der Waals surface area contributed by atoms with Crippen molar-refractivity contribution in [3.63, 3.8) is 0 Å². The van der Waals surface area contributed by atoms with E-state index in [0.717, 1.165) is 18.8 Å². The summed E-state index contributed by atoms with van der Waals surface area (Å²) < 4.78 is 5.64. The van der Waals surface area contributed by atoms with E-state index in [1.54, 1.807) is 18.6 Å². The van der Waals surface area contributed by atoms with E-state index in [0.29, 0.717) is 5.88 Å². The Hall–Kier alpha value is -2.79. The van der Waals surface area contributed by atoms with Gasteiger partial charge in [-0.15, -0.1) is 0 Å². The molecule has 5 heteroatoms. The molecule has 23 heavy (non-hydrogen) atoms. The van der Waals surface area contributed by atoms with Gasteiger partial charge < -0.3 is 4.74 Å². The van der Waals surface area contributed by atoms with Gasteiger partial charge >= 0.3 is 0 Å². The van der Waals surface area contributed by atoms with Crippen LogP contribution in [-0.4, -0.2) is 26.9 Å². The van der Waals surface area contributed by atoms with E-state index < -0.39 is 0 Å². The van der Waals surface area contributed by atoms with E-state index >= 15 is 0 Å². The summed E-state index contributed by atoms with van der Waals surface area (Å²) in [4.78, 5) is 14.4. The van der Waals surface area contributed by atoms with Crippen LogP contribution in [0, 0.1) is 0 Å². The van der Waals surface area contributed by atoms with Gasteiger partial charge in [0.05, 0.1) is 6.20 Å². The van der Waals surface area contributed by atoms with Crippen molar-refractivity contribution in [1.29, 1.82) is 0 Å². The molecule has 0 N–H and O–H groups in total. The quantitative estimate of drug-likeness (QED) is 0.699. The average molecular weight is 306 g/mol. The Morgan fingerprint density at radius 3 is 2.17 bits per heavy atom. The predicted octanol–water partition coefficient (Wildman–Crippen LogP) is 3.30. The zero-order valence-electron chi connectivity index (χ0n) is 13.0. The molecule has 0 amide bonds. The number of hydrogen-bond donors (Lipinski definition) is 0. The number of ether oxygens (including phenoxy) is 1. The third-order valence-electron chi connectivity index (χ3n) is 3.34. The van der Waals surface area contributed by atoms with Crippen LogP contribution in [-0.2, 0) is 13.1 Å². The molecular formula is C18H18N4O. The molecule has 0 aliphatic heterocycles.